The average molecular weight is 324 g/mol. The largest absolute Gasteiger partial charge is 0.416 e. The minimum atomic E-state index is -4.48. The van der Waals surface area contributed by atoms with Crippen molar-refractivity contribution in [3.63, 3.8) is 0 Å². The van der Waals surface area contributed by atoms with E-state index in [1.165, 1.54) is 47.0 Å². The summed E-state index contributed by atoms with van der Waals surface area (Å²) in [7, 11) is 1.41. The fourth-order valence-corrected chi connectivity index (χ4v) is 2.14. The average Bonchev–Trinajstić information content (AvgIpc) is 2.49. The van der Waals surface area contributed by atoms with Crippen molar-refractivity contribution in [1.29, 1.82) is 0 Å². The van der Waals surface area contributed by atoms with Crippen LogP contribution in [0.4, 0.5) is 13.2 Å². The fourth-order valence-electron chi connectivity index (χ4n) is 2.14. The smallest absolute Gasteiger partial charge is 0.340 e. The van der Waals surface area contributed by atoms with E-state index < -0.39 is 17.6 Å². The van der Waals surface area contributed by atoms with Gasteiger partial charge in [-0.25, -0.2) is 0 Å². The van der Waals surface area contributed by atoms with E-state index in [1.54, 1.807) is 12.1 Å². The molecule has 0 atom stereocenters. The first kappa shape index (κ1) is 16.8. The maximum absolute atomic E-state index is 13.0. The summed E-state index contributed by atoms with van der Waals surface area (Å²) in [4.78, 5) is 24.9. The molecule has 0 bridgehead atoms. The normalized spacial score (nSPS) is 11.3. The minimum absolute atomic E-state index is 0.0104. The number of hydrogen-bond donors (Lipinski definition) is 0. The van der Waals surface area contributed by atoms with E-state index in [4.69, 9.17) is 0 Å². The molecule has 0 aliphatic carbocycles. The quantitative estimate of drug-likeness (QED) is 0.867. The highest BCUT2D eigenvalue weighted by molar-refractivity contribution is 5.75. The highest BCUT2D eigenvalue weighted by Gasteiger charge is 2.33. The number of alkyl halides is 3. The minimum Gasteiger partial charge on any atom is -0.340 e. The number of halogens is 3. The third-order valence-electron chi connectivity index (χ3n) is 3.36. The van der Waals surface area contributed by atoms with E-state index >= 15 is 0 Å². The first-order valence-electron chi connectivity index (χ1n) is 6.83. The van der Waals surface area contributed by atoms with Crippen LogP contribution in [-0.2, 0) is 24.1 Å². The number of carbonyl (C=O) groups is 1. The molecule has 0 radical (unpaired) electrons. The Morgan fingerprint density at radius 2 is 1.78 bits per heavy atom. The molecule has 7 heteroatoms. The molecule has 0 saturated heterocycles. The van der Waals surface area contributed by atoms with Crippen molar-refractivity contribution in [2.45, 2.75) is 19.3 Å². The molecule has 1 amide bonds. The maximum atomic E-state index is 13.0. The number of amides is 1. The second kappa shape index (κ2) is 6.68. The lowest BCUT2D eigenvalue weighted by atomic mass is 10.1. The lowest BCUT2D eigenvalue weighted by molar-refractivity contribution is -0.139. The summed E-state index contributed by atoms with van der Waals surface area (Å²) in [5.41, 5.74) is -1.10. The van der Waals surface area contributed by atoms with Gasteiger partial charge in [-0.3, -0.25) is 9.59 Å². The van der Waals surface area contributed by atoms with Crippen LogP contribution in [0.25, 0.3) is 0 Å². The number of nitrogens with zero attached hydrogens (tertiary/aromatic N) is 2. The van der Waals surface area contributed by atoms with Crippen molar-refractivity contribution in [3.8, 4) is 0 Å². The van der Waals surface area contributed by atoms with Crippen LogP contribution in [0.15, 0.2) is 53.5 Å². The molecule has 122 valence electrons. The number of rotatable bonds is 4. The van der Waals surface area contributed by atoms with E-state index in [-0.39, 0.29) is 24.2 Å². The molecule has 0 fully saturated rings. The number of pyridine rings is 1. The molecule has 1 aromatic carbocycles. The van der Waals surface area contributed by atoms with Gasteiger partial charge in [0.15, 0.2) is 0 Å². The highest BCUT2D eigenvalue weighted by Crippen LogP contribution is 2.32. The van der Waals surface area contributed by atoms with Crippen molar-refractivity contribution in [3.05, 3.63) is 70.1 Å². The number of hydrogen-bond acceptors (Lipinski definition) is 2. The molecular weight excluding hydrogens is 309 g/mol. The predicted molar refractivity (Wildman–Crippen MR) is 78.6 cm³/mol. The Hall–Kier alpha value is -2.57. The van der Waals surface area contributed by atoms with Gasteiger partial charge in [0.05, 0.1) is 5.56 Å². The van der Waals surface area contributed by atoms with Crippen LogP contribution >= 0.6 is 0 Å². The molecule has 0 aliphatic rings. The van der Waals surface area contributed by atoms with Crippen LogP contribution < -0.4 is 5.56 Å². The van der Waals surface area contributed by atoms with Crippen molar-refractivity contribution in [2.24, 2.45) is 0 Å². The van der Waals surface area contributed by atoms with E-state index in [1.807, 2.05) is 0 Å². The maximum Gasteiger partial charge on any atom is 0.416 e. The molecule has 1 aromatic heterocycles. The van der Waals surface area contributed by atoms with Crippen molar-refractivity contribution >= 4 is 5.91 Å². The van der Waals surface area contributed by atoms with Crippen LogP contribution in [0.5, 0.6) is 0 Å². The lowest BCUT2D eigenvalue weighted by Gasteiger charge is -2.20. The van der Waals surface area contributed by atoms with E-state index in [0.717, 1.165) is 6.07 Å². The van der Waals surface area contributed by atoms with Crippen LogP contribution in [0.1, 0.15) is 11.1 Å². The topological polar surface area (TPSA) is 42.3 Å². The van der Waals surface area contributed by atoms with E-state index in [2.05, 4.69) is 0 Å². The molecule has 1 heterocycles. The predicted octanol–water partition coefficient (Wildman–Crippen LogP) is 2.53. The summed E-state index contributed by atoms with van der Waals surface area (Å²) >= 11 is 0. The molecule has 2 aromatic rings. The van der Waals surface area contributed by atoms with Gasteiger partial charge in [-0.15, -0.1) is 0 Å². The van der Waals surface area contributed by atoms with Crippen LogP contribution in [0, 0.1) is 0 Å². The third-order valence-corrected chi connectivity index (χ3v) is 3.36. The van der Waals surface area contributed by atoms with Gasteiger partial charge in [-0.2, -0.15) is 13.2 Å². The number of benzene rings is 1. The molecule has 2 rings (SSSR count). The molecule has 0 aliphatic heterocycles. The Labute approximate surface area is 130 Å². The van der Waals surface area contributed by atoms with Gasteiger partial charge < -0.3 is 9.47 Å². The first-order chi connectivity index (χ1) is 10.8. The molecule has 0 saturated carbocycles. The number of aromatic nitrogens is 1. The SMILES string of the molecule is CN(Cc1ccccc1C(F)(F)F)C(=O)Cn1ccccc1=O. The molecule has 23 heavy (non-hydrogen) atoms. The Morgan fingerprint density at radius 3 is 2.43 bits per heavy atom. The van der Waals surface area contributed by atoms with Crippen molar-refractivity contribution in [2.75, 3.05) is 7.05 Å². The summed E-state index contributed by atoms with van der Waals surface area (Å²) < 4.78 is 40.1. The molecular formula is C16H15F3N2O2. The van der Waals surface area contributed by atoms with Gasteiger partial charge in [0.2, 0.25) is 5.91 Å². The van der Waals surface area contributed by atoms with Gasteiger partial charge in [0, 0.05) is 25.9 Å². The second-order valence-electron chi connectivity index (χ2n) is 5.07. The van der Waals surface area contributed by atoms with Crippen LogP contribution in [-0.4, -0.2) is 22.4 Å². The standard InChI is InChI=1S/C16H15F3N2O2/c1-20(15(23)11-21-9-5-4-8-14(21)22)10-12-6-2-3-7-13(12)16(17,18)19/h2-9H,10-11H2,1H3. The van der Waals surface area contributed by atoms with E-state index in [0.29, 0.717) is 0 Å². The molecule has 0 N–H and O–H groups in total. The van der Waals surface area contributed by atoms with Gasteiger partial charge in [0.1, 0.15) is 6.54 Å². The fraction of sp³-hybridized carbons (Fsp3) is 0.250. The number of carbonyl (C=O) groups excluding carboxylic acids is 1. The highest BCUT2D eigenvalue weighted by atomic mass is 19.4. The molecule has 4 nitrogen and oxygen atoms in total. The summed E-state index contributed by atoms with van der Waals surface area (Å²) in [5.74, 6) is -0.449. The summed E-state index contributed by atoms with van der Waals surface area (Å²) in [6, 6.07) is 9.57. The summed E-state index contributed by atoms with van der Waals surface area (Å²) in [5, 5.41) is 0. The Morgan fingerprint density at radius 1 is 1.13 bits per heavy atom. The van der Waals surface area contributed by atoms with Gasteiger partial charge >= 0.3 is 6.18 Å². The number of likely N-dealkylation sites (N-methyl/N-ethyl adjacent to an activating group) is 1. The van der Waals surface area contributed by atoms with Crippen LogP contribution in [0.3, 0.4) is 0 Å². The van der Waals surface area contributed by atoms with Crippen molar-refractivity contribution < 1.29 is 18.0 Å². The van der Waals surface area contributed by atoms with Crippen molar-refractivity contribution in [1.82, 2.24) is 9.47 Å². The van der Waals surface area contributed by atoms with E-state index in [9.17, 15) is 22.8 Å². The molecule has 0 unspecified atom stereocenters. The zero-order valence-electron chi connectivity index (χ0n) is 12.4. The Bertz CT molecular complexity index is 753. The zero-order chi connectivity index (χ0) is 17.0. The first-order valence-corrected chi connectivity index (χ1v) is 6.83. The van der Waals surface area contributed by atoms with Gasteiger partial charge in [-0.1, -0.05) is 24.3 Å². The summed E-state index contributed by atoms with van der Waals surface area (Å²) in [6.07, 6.45) is -3.02. The zero-order valence-corrected chi connectivity index (χ0v) is 12.4. The summed E-state index contributed by atoms with van der Waals surface area (Å²) in [6.45, 7) is -0.402. The Balaban J connectivity index is 2.14. The Kier molecular flexibility index (Phi) is 4.88. The van der Waals surface area contributed by atoms with Crippen LogP contribution in [0.2, 0.25) is 0 Å². The lowest BCUT2D eigenvalue weighted by Crippen LogP contribution is -2.33. The van der Waals surface area contributed by atoms with Gasteiger partial charge in [-0.05, 0) is 17.7 Å². The molecule has 0 spiro atoms. The van der Waals surface area contributed by atoms with Gasteiger partial charge in [0.25, 0.3) is 5.56 Å². The monoisotopic (exact) mass is 324 g/mol. The second-order valence-corrected chi connectivity index (χ2v) is 5.07. The third kappa shape index (κ3) is 4.21.